The fourth-order valence-electron chi connectivity index (χ4n) is 2.26. The molecule has 2 N–H and O–H groups in total. The summed E-state index contributed by atoms with van der Waals surface area (Å²) in [5.74, 6) is 0.918. The van der Waals surface area contributed by atoms with E-state index in [0.717, 1.165) is 31.0 Å². The van der Waals surface area contributed by atoms with Crippen molar-refractivity contribution in [3.05, 3.63) is 47.7 Å². The molecule has 0 radical (unpaired) electrons. The molecule has 1 aliphatic rings. The number of aromatic nitrogens is 2. The number of hydrogen-bond acceptors (Lipinski definition) is 4. The van der Waals surface area contributed by atoms with E-state index >= 15 is 0 Å². The lowest BCUT2D eigenvalue weighted by molar-refractivity contribution is 0.714. The molecule has 2 heterocycles. The molecule has 1 aliphatic heterocycles. The number of nitrogen functional groups attached to an aromatic ring is 1. The first-order chi connectivity index (χ1) is 8.34. The normalized spacial score (nSPS) is 14.5. The van der Waals surface area contributed by atoms with Gasteiger partial charge in [-0.3, -0.25) is 0 Å². The van der Waals surface area contributed by atoms with Gasteiger partial charge in [-0.15, -0.1) is 5.10 Å². The highest BCUT2D eigenvalue weighted by Gasteiger charge is 2.18. The predicted molar refractivity (Wildman–Crippen MR) is 67.6 cm³/mol. The van der Waals surface area contributed by atoms with Gasteiger partial charge in [0.2, 0.25) is 0 Å². The summed E-state index contributed by atoms with van der Waals surface area (Å²) in [6.45, 7) is 1.79. The van der Waals surface area contributed by atoms with Gasteiger partial charge in [-0.1, -0.05) is 12.1 Å². The minimum Gasteiger partial charge on any atom is -0.398 e. The van der Waals surface area contributed by atoms with Crippen LogP contribution in [0.25, 0.3) is 0 Å². The maximum Gasteiger partial charge on any atom is 0.151 e. The molecule has 2 aromatic rings. The van der Waals surface area contributed by atoms with E-state index in [1.54, 1.807) is 6.20 Å². The van der Waals surface area contributed by atoms with Crippen LogP contribution in [0.15, 0.2) is 36.5 Å². The summed E-state index contributed by atoms with van der Waals surface area (Å²) in [6.07, 6.45) is 2.70. The maximum absolute atomic E-state index is 6.02. The molecule has 3 rings (SSSR count). The zero-order valence-electron chi connectivity index (χ0n) is 9.50. The average molecular weight is 226 g/mol. The number of rotatable bonds is 1. The van der Waals surface area contributed by atoms with E-state index in [-0.39, 0.29) is 0 Å². The summed E-state index contributed by atoms with van der Waals surface area (Å²) in [6, 6.07) is 10.0. The van der Waals surface area contributed by atoms with Crippen LogP contribution in [0, 0.1) is 0 Å². The second-order valence-electron chi connectivity index (χ2n) is 4.24. The zero-order chi connectivity index (χ0) is 11.7. The number of nitrogens with two attached hydrogens (primary N) is 1. The van der Waals surface area contributed by atoms with Gasteiger partial charge >= 0.3 is 0 Å². The summed E-state index contributed by atoms with van der Waals surface area (Å²) < 4.78 is 0. The van der Waals surface area contributed by atoms with Crippen LogP contribution in [0.5, 0.6) is 0 Å². The van der Waals surface area contributed by atoms with Crippen molar-refractivity contribution >= 4 is 11.5 Å². The molecule has 0 saturated heterocycles. The third-order valence-corrected chi connectivity index (χ3v) is 3.19. The van der Waals surface area contributed by atoms with E-state index in [1.165, 1.54) is 11.1 Å². The van der Waals surface area contributed by atoms with Gasteiger partial charge in [0, 0.05) is 25.0 Å². The fourth-order valence-corrected chi connectivity index (χ4v) is 2.26. The zero-order valence-corrected chi connectivity index (χ0v) is 9.50. The SMILES string of the molecule is Nc1cccc2c1CN(c1cccnn1)CC2. The molecule has 0 bridgehead atoms. The van der Waals surface area contributed by atoms with Crippen molar-refractivity contribution in [2.45, 2.75) is 13.0 Å². The van der Waals surface area contributed by atoms with Crippen molar-refractivity contribution in [3.63, 3.8) is 0 Å². The third kappa shape index (κ3) is 1.82. The summed E-state index contributed by atoms with van der Waals surface area (Å²) in [5.41, 5.74) is 9.47. The lowest BCUT2D eigenvalue weighted by Gasteiger charge is -2.30. The minimum atomic E-state index is 0.820. The van der Waals surface area contributed by atoms with Crippen LogP contribution in [-0.4, -0.2) is 16.7 Å². The van der Waals surface area contributed by atoms with Crippen LogP contribution in [-0.2, 0) is 13.0 Å². The molecule has 0 fully saturated rings. The Morgan fingerprint density at radius 2 is 2.12 bits per heavy atom. The van der Waals surface area contributed by atoms with Crippen molar-refractivity contribution < 1.29 is 0 Å². The van der Waals surface area contributed by atoms with Gasteiger partial charge in [-0.25, -0.2) is 0 Å². The van der Waals surface area contributed by atoms with Crippen molar-refractivity contribution in [1.29, 1.82) is 0 Å². The molecule has 17 heavy (non-hydrogen) atoms. The largest absolute Gasteiger partial charge is 0.398 e. The van der Waals surface area contributed by atoms with Crippen molar-refractivity contribution in [3.8, 4) is 0 Å². The van der Waals surface area contributed by atoms with E-state index in [9.17, 15) is 0 Å². The van der Waals surface area contributed by atoms with Gasteiger partial charge in [0.1, 0.15) is 0 Å². The molecule has 0 spiro atoms. The Morgan fingerprint density at radius 3 is 2.94 bits per heavy atom. The van der Waals surface area contributed by atoms with Crippen LogP contribution < -0.4 is 10.6 Å². The lowest BCUT2D eigenvalue weighted by Crippen LogP contribution is -2.31. The van der Waals surface area contributed by atoms with Gasteiger partial charge < -0.3 is 10.6 Å². The second-order valence-corrected chi connectivity index (χ2v) is 4.24. The molecule has 0 amide bonds. The summed E-state index contributed by atoms with van der Waals surface area (Å²) in [4.78, 5) is 2.21. The Labute approximate surface area is 100 Å². The Kier molecular flexibility index (Phi) is 2.40. The van der Waals surface area contributed by atoms with Crippen LogP contribution in [0.1, 0.15) is 11.1 Å². The molecular weight excluding hydrogens is 212 g/mol. The van der Waals surface area contributed by atoms with Gasteiger partial charge in [0.05, 0.1) is 0 Å². The van der Waals surface area contributed by atoms with E-state index in [0.29, 0.717) is 0 Å². The minimum absolute atomic E-state index is 0.820. The number of nitrogens with zero attached hydrogens (tertiary/aromatic N) is 3. The fraction of sp³-hybridized carbons (Fsp3) is 0.231. The highest BCUT2D eigenvalue weighted by atomic mass is 15.3. The average Bonchev–Trinajstić information content (AvgIpc) is 2.40. The summed E-state index contributed by atoms with van der Waals surface area (Å²) in [5, 5.41) is 8.06. The predicted octanol–water partition coefficient (Wildman–Crippen LogP) is 1.62. The molecule has 4 nitrogen and oxygen atoms in total. The Balaban J connectivity index is 1.93. The summed E-state index contributed by atoms with van der Waals surface area (Å²) in [7, 11) is 0. The van der Waals surface area contributed by atoms with E-state index in [2.05, 4.69) is 21.2 Å². The van der Waals surface area contributed by atoms with Gasteiger partial charge in [0.15, 0.2) is 5.82 Å². The highest BCUT2D eigenvalue weighted by molar-refractivity contribution is 5.55. The van der Waals surface area contributed by atoms with Gasteiger partial charge in [-0.2, -0.15) is 5.10 Å². The Hall–Kier alpha value is -2.10. The van der Waals surface area contributed by atoms with Crippen molar-refractivity contribution in [2.75, 3.05) is 17.2 Å². The molecular formula is C13H14N4. The van der Waals surface area contributed by atoms with E-state index < -0.39 is 0 Å². The molecule has 0 unspecified atom stereocenters. The van der Waals surface area contributed by atoms with Crippen molar-refractivity contribution in [2.24, 2.45) is 0 Å². The molecule has 0 atom stereocenters. The number of benzene rings is 1. The number of hydrogen-bond donors (Lipinski definition) is 1. The first-order valence-corrected chi connectivity index (χ1v) is 5.73. The molecule has 1 aromatic carbocycles. The van der Waals surface area contributed by atoms with Crippen LogP contribution >= 0.6 is 0 Å². The van der Waals surface area contributed by atoms with E-state index in [1.807, 2.05) is 24.3 Å². The number of fused-ring (bicyclic) bond motifs is 1. The first kappa shape index (κ1) is 10.1. The van der Waals surface area contributed by atoms with Crippen LogP contribution in [0.2, 0.25) is 0 Å². The quantitative estimate of drug-likeness (QED) is 0.751. The Morgan fingerprint density at radius 1 is 1.18 bits per heavy atom. The van der Waals surface area contributed by atoms with Crippen LogP contribution in [0.3, 0.4) is 0 Å². The van der Waals surface area contributed by atoms with Gasteiger partial charge in [0.25, 0.3) is 0 Å². The van der Waals surface area contributed by atoms with Crippen LogP contribution in [0.4, 0.5) is 11.5 Å². The monoisotopic (exact) mass is 226 g/mol. The second kappa shape index (κ2) is 4.05. The van der Waals surface area contributed by atoms with E-state index in [4.69, 9.17) is 5.73 Å². The molecule has 0 saturated carbocycles. The molecule has 86 valence electrons. The maximum atomic E-state index is 6.02. The summed E-state index contributed by atoms with van der Waals surface area (Å²) >= 11 is 0. The third-order valence-electron chi connectivity index (χ3n) is 3.19. The highest BCUT2D eigenvalue weighted by Crippen LogP contribution is 2.26. The molecule has 0 aliphatic carbocycles. The molecule has 1 aromatic heterocycles. The lowest BCUT2D eigenvalue weighted by atomic mass is 9.98. The topological polar surface area (TPSA) is 55.0 Å². The van der Waals surface area contributed by atoms with Gasteiger partial charge in [-0.05, 0) is 35.7 Å². The standard InChI is InChI=1S/C13H14N4/c14-12-4-1-3-10-6-8-17(9-11(10)12)13-5-2-7-15-16-13/h1-5,7H,6,8-9,14H2. The molecule has 4 heteroatoms. The number of anilines is 2. The Bertz CT molecular complexity index is 524. The van der Waals surface area contributed by atoms with Crippen molar-refractivity contribution in [1.82, 2.24) is 10.2 Å². The smallest absolute Gasteiger partial charge is 0.151 e. The first-order valence-electron chi connectivity index (χ1n) is 5.73.